The molecule has 6 heteroatoms. The molecular weight excluding hydrogens is 276 g/mol. The molecule has 2 aromatic rings. The molecular formula is C14H13ClN4O. The summed E-state index contributed by atoms with van der Waals surface area (Å²) in [5, 5.41) is 13.4. The van der Waals surface area contributed by atoms with Crippen LogP contribution in [0.4, 0.5) is 5.82 Å². The second-order valence-electron chi connectivity index (χ2n) is 4.90. The maximum absolute atomic E-state index is 12.3. The Bertz CT molecular complexity index is 777. The van der Waals surface area contributed by atoms with E-state index in [1.807, 2.05) is 6.07 Å². The van der Waals surface area contributed by atoms with E-state index in [4.69, 9.17) is 16.9 Å². The third-order valence-corrected chi connectivity index (χ3v) is 4.10. The Morgan fingerprint density at radius 2 is 2.30 bits per heavy atom. The molecule has 1 heterocycles. The van der Waals surface area contributed by atoms with Gasteiger partial charge in [0.2, 0.25) is 0 Å². The summed E-state index contributed by atoms with van der Waals surface area (Å²) in [5.41, 5.74) is 0.390. The molecule has 1 fully saturated rings. The van der Waals surface area contributed by atoms with Crippen LogP contribution in [0.25, 0.3) is 10.9 Å². The van der Waals surface area contributed by atoms with Gasteiger partial charge in [0.25, 0.3) is 0 Å². The van der Waals surface area contributed by atoms with E-state index in [0.717, 1.165) is 23.7 Å². The number of aromatic nitrogens is 2. The topological polar surface area (TPSA) is 70.7 Å². The minimum atomic E-state index is -0.339. The quantitative estimate of drug-likeness (QED) is 0.922. The van der Waals surface area contributed by atoms with Crippen molar-refractivity contribution >= 4 is 28.3 Å². The Kier molecular flexibility index (Phi) is 3.11. The summed E-state index contributed by atoms with van der Waals surface area (Å²) in [6.07, 6.45) is 1.64. The van der Waals surface area contributed by atoms with Crippen molar-refractivity contribution in [1.82, 2.24) is 9.55 Å². The number of anilines is 1. The normalized spacial score (nSPS) is 21.2. The Morgan fingerprint density at radius 3 is 2.90 bits per heavy atom. The lowest BCUT2D eigenvalue weighted by Crippen LogP contribution is -2.37. The lowest BCUT2D eigenvalue weighted by atomic mass is 9.80. The van der Waals surface area contributed by atoms with Gasteiger partial charge in [-0.05, 0) is 31.0 Å². The van der Waals surface area contributed by atoms with Crippen LogP contribution in [0.5, 0.6) is 0 Å². The van der Waals surface area contributed by atoms with E-state index in [1.54, 1.807) is 23.7 Å². The van der Waals surface area contributed by atoms with Crippen LogP contribution in [0.15, 0.2) is 23.0 Å². The molecule has 2 unspecified atom stereocenters. The minimum absolute atomic E-state index is 0.105. The molecule has 0 radical (unpaired) electrons. The summed E-state index contributed by atoms with van der Waals surface area (Å²) in [6.45, 7) is 0. The van der Waals surface area contributed by atoms with E-state index in [9.17, 15) is 4.79 Å². The smallest absolute Gasteiger partial charge is 0.350 e. The lowest BCUT2D eigenvalue weighted by molar-refractivity contribution is 0.236. The molecule has 1 aliphatic rings. The molecule has 1 saturated carbocycles. The number of nitriles is 1. The summed E-state index contributed by atoms with van der Waals surface area (Å²) < 4.78 is 1.61. The highest BCUT2D eigenvalue weighted by atomic mass is 35.5. The van der Waals surface area contributed by atoms with Crippen molar-refractivity contribution in [3.8, 4) is 6.07 Å². The molecule has 3 rings (SSSR count). The average molecular weight is 289 g/mol. The summed E-state index contributed by atoms with van der Waals surface area (Å²) in [7, 11) is 1.72. The fraction of sp³-hybridized carbons (Fsp3) is 0.357. The van der Waals surface area contributed by atoms with Crippen molar-refractivity contribution in [2.75, 3.05) is 12.4 Å². The summed E-state index contributed by atoms with van der Waals surface area (Å²) in [5.74, 6) is 0.405. The van der Waals surface area contributed by atoms with Crippen LogP contribution in [0, 0.1) is 17.2 Å². The van der Waals surface area contributed by atoms with Crippen LogP contribution in [-0.2, 0) is 0 Å². The van der Waals surface area contributed by atoms with Gasteiger partial charge in [-0.15, -0.1) is 0 Å². The molecule has 0 amide bonds. The molecule has 1 aromatic carbocycles. The fourth-order valence-corrected chi connectivity index (χ4v) is 2.84. The molecule has 0 aliphatic heterocycles. The van der Waals surface area contributed by atoms with Gasteiger partial charge < -0.3 is 5.32 Å². The zero-order valence-electron chi connectivity index (χ0n) is 10.9. The van der Waals surface area contributed by atoms with E-state index in [2.05, 4.69) is 16.4 Å². The van der Waals surface area contributed by atoms with Crippen molar-refractivity contribution in [1.29, 1.82) is 5.26 Å². The van der Waals surface area contributed by atoms with Crippen LogP contribution in [0.2, 0.25) is 5.02 Å². The van der Waals surface area contributed by atoms with Crippen LogP contribution >= 0.6 is 11.6 Å². The zero-order chi connectivity index (χ0) is 14.3. The molecule has 102 valence electrons. The maximum atomic E-state index is 12.3. The zero-order valence-corrected chi connectivity index (χ0v) is 11.7. The highest BCUT2D eigenvalue weighted by molar-refractivity contribution is 6.31. The second kappa shape index (κ2) is 4.80. The van der Waals surface area contributed by atoms with E-state index in [-0.39, 0.29) is 17.6 Å². The van der Waals surface area contributed by atoms with Crippen LogP contribution in [0.3, 0.4) is 0 Å². The van der Waals surface area contributed by atoms with Crippen molar-refractivity contribution in [3.05, 3.63) is 33.7 Å². The predicted octanol–water partition coefficient (Wildman–Crippen LogP) is 2.57. The monoisotopic (exact) mass is 288 g/mol. The molecule has 0 saturated heterocycles. The maximum Gasteiger partial charge on any atom is 0.350 e. The van der Waals surface area contributed by atoms with E-state index in [0.29, 0.717) is 10.8 Å². The van der Waals surface area contributed by atoms with Crippen LogP contribution in [0.1, 0.15) is 18.9 Å². The van der Waals surface area contributed by atoms with Crippen molar-refractivity contribution in [3.63, 3.8) is 0 Å². The molecule has 1 aliphatic carbocycles. The Balaban J connectivity index is 2.31. The van der Waals surface area contributed by atoms with Gasteiger partial charge in [0.15, 0.2) is 0 Å². The minimum Gasteiger partial charge on any atom is -0.372 e. The number of hydrogen-bond acceptors (Lipinski definition) is 4. The summed E-state index contributed by atoms with van der Waals surface area (Å²) in [4.78, 5) is 16.3. The largest absolute Gasteiger partial charge is 0.372 e. The van der Waals surface area contributed by atoms with Crippen molar-refractivity contribution in [2.45, 2.75) is 18.9 Å². The first kappa shape index (κ1) is 12.9. The molecule has 0 spiro atoms. The van der Waals surface area contributed by atoms with E-state index < -0.39 is 0 Å². The van der Waals surface area contributed by atoms with Crippen LogP contribution in [-0.4, -0.2) is 16.6 Å². The molecule has 20 heavy (non-hydrogen) atoms. The first-order valence-electron chi connectivity index (χ1n) is 6.45. The van der Waals surface area contributed by atoms with E-state index >= 15 is 0 Å². The Labute approximate surface area is 120 Å². The fourth-order valence-electron chi connectivity index (χ4n) is 2.67. The van der Waals surface area contributed by atoms with Gasteiger partial charge in [-0.3, -0.25) is 4.57 Å². The molecule has 1 aromatic heterocycles. The highest BCUT2D eigenvalue weighted by Crippen LogP contribution is 2.39. The lowest BCUT2D eigenvalue weighted by Gasteiger charge is -2.33. The third-order valence-electron chi connectivity index (χ3n) is 3.86. The number of benzene rings is 1. The Hall–Kier alpha value is -2.06. The number of hydrogen-bond donors (Lipinski definition) is 1. The number of rotatable bonds is 2. The van der Waals surface area contributed by atoms with Gasteiger partial charge >= 0.3 is 5.69 Å². The average Bonchev–Trinajstić information content (AvgIpc) is 2.40. The van der Waals surface area contributed by atoms with E-state index in [1.165, 1.54) is 0 Å². The molecule has 5 nitrogen and oxygen atoms in total. The van der Waals surface area contributed by atoms with Gasteiger partial charge in [0.05, 0.1) is 23.5 Å². The molecule has 1 N–H and O–H groups in total. The molecule has 0 bridgehead atoms. The predicted molar refractivity (Wildman–Crippen MR) is 77.9 cm³/mol. The summed E-state index contributed by atoms with van der Waals surface area (Å²) >= 11 is 6.05. The van der Waals surface area contributed by atoms with Crippen molar-refractivity contribution < 1.29 is 0 Å². The van der Waals surface area contributed by atoms with Gasteiger partial charge in [0.1, 0.15) is 5.82 Å². The number of nitrogens with zero attached hydrogens (tertiary/aromatic N) is 3. The van der Waals surface area contributed by atoms with Gasteiger partial charge in [-0.1, -0.05) is 11.6 Å². The highest BCUT2D eigenvalue weighted by Gasteiger charge is 2.34. The van der Waals surface area contributed by atoms with Crippen molar-refractivity contribution in [2.24, 2.45) is 5.92 Å². The number of halogens is 1. The standard InChI is InChI=1S/C14H13ClN4O/c1-17-13-10-4-3-9(15)6-12(10)19(14(20)18-13)11-5-2-8(11)7-16/h3-4,6,8,11H,2,5H2,1H3,(H,17,18,20). The first-order valence-corrected chi connectivity index (χ1v) is 6.82. The number of nitrogens with one attached hydrogen (secondary N) is 1. The van der Waals surface area contributed by atoms with Gasteiger partial charge in [-0.2, -0.15) is 10.2 Å². The van der Waals surface area contributed by atoms with Gasteiger partial charge in [-0.25, -0.2) is 4.79 Å². The third kappa shape index (κ3) is 1.84. The van der Waals surface area contributed by atoms with Crippen LogP contribution < -0.4 is 11.0 Å². The molecule has 2 atom stereocenters. The first-order chi connectivity index (χ1) is 9.65. The Morgan fingerprint density at radius 1 is 1.50 bits per heavy atom. The van der Waals surface area contributed by atoms with Gasteiger partial charge in [0, 0.05) is 17.5 Å². The number of fused-ring (bicyclic) bond motifs is 1. The SMILES string of the molecule is CNc1nc(=O)n(C2CCC2C#N)c2cc(Cl)ccc12. The summed E-state index contributed by atoms with van der Waals surface area (Å²) in [6, 6.07) is 7.51. The second-order valence-corrected chi connectivity index (χ2v) is 5.34.